The molecule has 0 amide bonds. The number of hydrogen-bond acceptors (Lipinski definition) is 12. The van der Waals surface area contributed by atoms with E-state index in [4.69, 9.17) is 24.9 Å². The summed E-state index contributed by atoms with van der Waals surface area (Å²) < 4.78 is 33.7. The number of hydrogen-bond donors (Lipinski definition) is 2. The van der Waals surface area contributed by atoms with E-state index in [0.717, 1.165) is 125 Å². The van der Waals surface area contributed by atoms with Crippen LogP contribution < -0.4 is 20.1 Å². The van der Waals surface area contributed by atoms with Gasteiger partial charge in [-0.1, -0.05) is 49.7 Å². The Balaban J connectivity index is 0.713. The molecule has 6 aromatic rings. The molecule has 8 heterocycles. The molecule has 2 aliphatic carbocycles. The summed E-state index contributed by atoms with van der Waals surface area (Å²) in [4.78, 5) is 40.7. The summed E-state index contributed by atoms with van der Waals surface area (Å²) in [6.45, 7) is 14.7. The number of fused-ring (bicyclic) bond motifs is 4. The Labute approximate surface area is 421 Å². The molecule has 0 bridgehead atoms. The zero-order valence-corrected chi connectivity index (χ0v) is 41.8. The molecule has 0 atom stereocenters. The fourth-order valence-corrected chi connectivity index (χ4v) is 12.8. The topological polar surface area (TPSA) is 127 Å². The lowest BCUT2D eigenvalue weighted by Crippen LogP contribution is -2.46. The van der Waals surface area contributed by atoms with Crippen molar-refractivity contribution >= 4 is 52.0 Å². The quantitative estimate of drug-likeness (QED) is 0.114. The van der Waals surface area contributed by atoms with Crippen LogP contribution in [0.5, 0.6) is 0 Å². The molecule has 2 N–H and O–H groups in total. The van der Waals surface area contributed by atoms with Gasteiger partial charge in [0.25, 0.3) is 0 Å². The van der Waals surface area contributed by atoms with Crippen LogP contribution in [0.25, 0.3) is 22.5 Å². The number of halogens is 2. The molecule has 4 aliphatic heterocycles. The number of likely N-dealkylation sites (N-methyl/N-ethyl adjacent to an activating group) is 1. The van der Waals surface area contributed by atoms with Crippen molar-refractivity contribution in [2.75, 3.05) is 67.9 Å². The number of anilines is 5. The maximum absolute atomic E-state index is 16.5. The summed E-state index contributed by atoms with van der Waals surface area (Å²) in [5, 5.41) is 6.71. The number of rotatable bonds is 12. The van der Waals surface area contributed by atoms with Gasteiger partial charge in [-0.25, -0.2) is 34.2 Å². The van der Waals surface area contributed by atoms with Gasteiger partial charge in [-0.2, -0.15) is 4.39 Å². The SMILES string of the molecule is CCN1CCN(c2ccc(Nc3nc(-c4ccc5c(c4)C4(CCCC4)C(C)=N5)c(F)c[n+]3CCN3CCC(c4ccc(Nc5ncc(F)c(-c6ccc7c(c6)C6(CCCC6)C(C)=N7)n5)nc4)CC3)nc2)CC1. The Hall–Kier alpha value is -6.58. The third-order valence-electron chi connectivity index (χ3n) is 17.1. The van der Waals surface area contributed by atoms with Gasteiger partial charge >= 0.3 is 5.95 Å². The number of likely N-dealkylation sites (tertiary alicyclic amines) is 1. The minimum Gasteiger partial charge on any atom is -0.368 e. The van der Waals surface area contributed by atoms with Crippen LogP contribution in [0.2, 0.25) is 0 Å². The van der Waals surface area contributed by atoms with Crippen molar-refractivity contribution in [2.24, 2.45) is 9.98 Å². The van der Waals surface area contributed by atoms with E-state index in [1.165, 1.54) is 54.3 Å². The highest BCUT2D eigenvalue weighted by Gasteiger charge is 2.45. The third-order valence-corrected chi connectivity index (χ3v) is 17.1. The van der Waals surface area contributed by atoms with Crippen LogP contribution >= 0.6 is 0 Å². The van der Waals surface area contributed by atoms with Gasteiger partial charge < -0.3 is 20.0 Å². The molecule has 0 radical (unpaired) electrons. The summed E-state index contributed by atoms with van der Waals surface area (Å²) in [5.74, 6) is 1.63. The number of nitrogens with zero attached hydrogens (tertiary/aromatic N) is 11. The van der Waals surface area contributed by atoms with E-state index in [-0.39, 0.29) is 22.3 Å². The van der Waals surface area contributed by atoms with Crippen molar-refractivity contribution in [3.8, 4) is 22.5 Å². The number of benzene rings is 2. The lowest BCUT2D eigenvalue weighted by atomic mass is 9.76. The molecule has 13 nitrogen and oxygen atoms in total. The highest BCUT2D eigenvalue weighted by molar-refractivity contribution is 6.02. The molecule has 15 heteroatoms. The fourth-order valence-electron chi connectivity index (χ4n) is 12.8. The zero-order valence-electron chi connectivity index (χ0n) is 41.8. The van der Waals surface area contributed by atoms with Crippen LogP contribution in [0, 0.1) is 11.6 Å². The minimum absolute atomic E-state index is 0.0417. The molecule has 4 aromatic heterocycles. The predicted octanol–water partition coefficient (Wildman–Crippen LogP) is 10.9. The summed E-state index contributed by atoms with van der Waals surface area (Å²) in [6.07, 6.45) is 17.6. The van der Waals surface area contributed by atoms with Crippen LogP contribution in [-0.4, -0.2) is 98.5 Å². The Morgan fingerprint density at radius 3 is 1.85 bits per heavy atom. The first kappa shape index (κ1) is 46.5. The van der Waals surface area contributed by atoms with Gasteiger partial charge in [0.15, 0.2) is 23.1 Å². The van der Waals surface area contributed by atoms with E-state index < -0.39 is 5.82 Å². The second-order valence-electron chi connectivity index (χ2n) is 20.9. The van der Waals surface area contributed by atoms with Crippen molar-refractivity contribution in [2.45, 2.75) is 108 Å². The van der Waals surface area contributed by atoms with Crippen molar-refractivity contribution in [3.05, 3.63) is 114 Å². The van der Waals surface area contributed by atoms with Gasteiger partial charge in [0.1, 0.15) is 17.7 Å². The first-order valence-electron chi connectivity index (χ1n) is 26.3. The van der Waals surface area contributed by atoms with Gasteiger partial charge in [-0.15, -0.1) is 0 Å². The molecule has 4 fully saturated rings. The number of pyridine rings is 2. The Bertz CT molecular complexity index is 3050. The molecular formula is C57H64F2N13+. The van der Waals surface area contributed by atoms with E-state index >= 15 is 8.78 Å². The van der Waals surface area contributed by atoms with Crippen LogP contribution in [0.4, 0.5) is 49.4 Å². The Kier molecular flexibility index (Phi) is 12.3. The average molecular weight is 969 g/mol. The van der Waals surface area contributed by atoms with Gasteiger partial charge in [0, 0.05) is 72.3 Å². The van der Waals surface area contributed by atoms with Crippen LogP contribution in [0.1, 0.15) is 108 Å². The smallest absolute Gasteiger partial charge is 0.368 e. The number of aliphatic imine (C=N–C) groups is 2. The van der Waals surface area contributed by atoms with E-state index in [1.807, 2.05) is 53.4 Å². The molecule has 72 heavy (non-hydrogen) atoms. The highest BCUT2D eigenvalue weighted by Crippen LogP contribution is 2.52. The van der Waals surface area contributed by atoms with Gasteiger partial charge in [-0.05, 0) is 143 Å². The number of aromatic nitrogens is 6. The van der Waals surface area contributed by atoms with Crippen molar-refractivity contribution in [1.29, 1.82) is 0 Å². The van der Waals surface area contributed by atoms with Gasteiger partial charge in [0.05, 0.1) is 36.0 Å². The Morgan fingerprint density at radius 2 is 1.25 bits per heavy atom. The van der Waals surface area contributed by atoms with Gasteiger partial charge in [-0.3, -0.25) is 9.98 Å². The standard InChI is InChI=1S/C57H63F2N13/c1-4-69-25-28-71(29-26-69)43-12-16-51(61-34-43)66-55-68-53(41-10-14-49-45(32-41)57(38(3)64-49)21-7-8-22-57)47(59)36-72(55)30-27-70-23-17-39(18-24-70)42-11-15-50(60-33-42)65-54-62-35-46(58)52(67-54)40-9-13-48-44(31-40)56(37(2)63-48)19-5-6-20-56/h9-16,31-36,39H,4-8,17-30H2,1-3H3,(H,60,62,65,67)/p+1. The number of piperazine rings is 1. The van der Waals surface area contributed by atoms with Crippen LogP contribution in [0.3, 0.4) is 0 Å². The molecular weight excluding hydrogens is 905 g/mol. The second-order valence-corrected chi connectivity index (χ2v) is 20.9. The van der Waals surface area contributed by atoms with Crippen molar-refractivity contribution < 1.29 is 13.3 Å². The van der Waals surface area contributed by atoms with Crippen molar-refractivity contribution in [3.63, 3.8) is 0 Å². The lowest BCUT2D eigenvalue weighted by molar-refractivity contribution is -0.686. The molecule has 2 saturated heterocycles. The lowest BCUT2D eigenvalue weighted by Gasteiger charge is -2.35. The number of nitrogens with one attached hydrogen (secondary N) is 2. The molecule has 6 aliphatic rings. The van der Waals surface area contributed by atoms with E-state index in [2.05, 4.69) is 80.3 Å². The normalized spacial score (nSPS) is 19.5. The first-order chi connectivity index (χ1) is 35.1. The van der Waals surface area contributed by atoms with E-state index in [9.17, 15) is 0 Å². The molecule has 2 aromatic carbocycles. The van der Waals surface area contributed by atoms with Crippen molar-refractivity contribution in [1.82, 2.24) is 34.7 Å². The number of piperidine rings is 1. The summed E-state index contributed by atoms with van der Waals surface area (Å²) in [6, 6.07) is 20.3. The average Bonchev–Trinajstić information content (AvgIpc) is 4.23. The Morgan fingerprint density at radius 1 is 0.639 bits per heavy atom. The van der Waals surface area contributed by atoms with Gasteiger partial charge in [0.2, 0.25) is 5.95 Å². The highest BCUT2D eigenvalue weighted by atomic mass is 19.1. The molecule has 2 spiro atoms. The molecule has 370 valence electrons. The third kappa shape index (κ3) is 8.61. The second kappa shape index (κ2) is 19.1. The maximum Gasteiger partial charge on any atom is 0.398 e. The maximum atomic E-state index is 16.5. The summed E-state index contributed by atoms with van der Waals surface area (Å²) in [7, 11) is 0. The fraction of sp³-hybridized carbons (Fsp3) is 0.439. The van der Waals surface area contributed by atoms with E-state index in [1.54, 1.807) is 6.20 Å². The molecule has 0 unspecified atom stereocenters. The zero-order chi connectivity index (χ0) is 49.0. The largest absolute Gasteiger partial charge is 0.398 e. The summed E-state index contributed by atoms with van der Waals surface area (Å²) >= 11 is 0. The monoisotopic (exact) mass is 969 g/mol. The van der Waals surface area contributed by atoms with E-state index in [0.29, 0.717) is 41.7 Å². The summed E-state index contributed by atoms with van der Waals surface area (Å²) in [5.41, 5.74) is 11.0. The molecule has 2 saturated carbocycles. The van der Waals surface area contributed by atoms with Crippen LogP contribution in [-0.2, 0) is 17.4 Å². The molecule has 12 rings (SSSR count). The predicted molar refractivity (Wildman–Crippen MR) is 281 cm³/mol. The van der Waals surface area contributed by atoms with Crippen LogP contribution in [0.15, 0.2) is 95.4 Å². The first-order valence-corrected chi connectivity index (χ1v) is 26.3. The minimum atomic E-state index is -0.466.